The van der Waals surface area contributed by atoms with Gasteiger partial charge in [-0.1, -0.05) is 0 Å². The Hall–Kier alpha value is -4.36. The van der Waals surface area contributed by atoms with E-state index >= 15 is 0 Å². The van der Waals surface area contributed by atoms with Gasteiger partial charge in [0, 0.05) is 59.8 Å². The Balaban J connectivity index is 1.18. The molecule has 1 atom stereocenters. The number of carbonyl (C=O) groups excluding carboxylic acids is 2. The number of piperidine rings is 1. The number of aromatic amines is 1. The van der Waals surface area contributed by atoms with Crippen LogP contribution in [0.4, 0.5) is 22.7 Å². The Morgan fingerprint density at radius 1 is 0.865 bits per heavy atom. The third kappa shape index (κ3) is 5.90. The minimum absolute atomic E-state index is 0.0825. The lowest BCUT2D eigenvalue weighted by atomic mass is 9.98. The van der Waals surface area contributed by atoms with Gasteiger partial charge in [-0.2, -0.15) is 0 Å². The molecule has 37 heavy (non-hydrogen) atoms. The summed E-state index contributed by atoms with van der Waals surface area (Å²) in [7, 11) is 0. The number of H-pyrrole nitrogens is 1. The number of amides is 1. The van der Waals surface area contributed by atoms with Gasteiger partial charge in [0.05, 0.1) is 0 Å². The van der Waals surface area contributed by atoms with E-state index in [2.05, 4.69) is 32.7 Å². The standard InChI is InChI=1S/C30H30N4O3/c35-20-21-3-2-18-34(19-21)27-15-13-25(14-16-27)32-24-9-5-22(6-10-24)29(36)23-7-11-26(12-8-23)33-30(37)28-4-1-17-31-28/h1,4-17,21,31-32,35H,2-3,18-20H2,(H,33,37). The number of nitrogens with one attached hydrogen (secondary N) is 3. The van der Waals surface area contributed by atoms with Crippen molar-refractivity contribution in [1.29, 1.82) is 0 Å². The molecule has 0 saturated carbocycles. The lowest BCUT2D eigenvalue weighted by Gasteiger charge is -2.33. The first-order valence-corrected chi connectivity index (χ1v) is 12.5. The molecular weight excluding hydrogens is 464 g/mol. The van der Waals surface area contributed by atoms with Crippen LogP contribution in [-0.4, -0.2) is 41.5 Å². The summed E-state index contributed by atoms with van der Waals surface area (Å²) in [4.78, 5) is 30.3. The van der Waals surface area contributed by atoms with Crippen LogP contribution in [-0.2, 0) is 0 Å². The zero-order chi connectivity index (χ0) is 25.6. The molecule has 2 heterocycles. The summed E-state index contributed by atoms with van der Waals surface area (Å²) < 4.78 is 0. The highest BCUT2D eigenvalue weighted by Gasteiger charge is 2.19. The number of ketones is 1. The second-order valence-electron chi connectivity index (χ2n) is 9.33. The molecule has 1 aromatic heterocycles. The summed E-state index contributed by atoms with van der Waals surface area (Å²) in [6.07, 6.45) is 3.88. The zero-order valence-corrected chi connectivity index (χ0v) is 20.5. The fourth-order valence-electron chi connectivity index (χ4n) is 4.62. The minimum Gasteiger partial charge on any atom is -0.396 e. The summed E-state index contributed by atoms with van der Waals surface area (Å²) in [5.41, 5.74) is 5.26. The van der Waals surface area contributed by atoms with Crippen LogP contribution in [0.25, 0.3) is 0 Å². The lowest BCUT2D eigenvalue weighted by Crippen LogP contribution is -2.36. The number of carbonyl (C=O) groups is 2. The van der Waals surface area contributed by atoms with Crippen molar-refractivity contribution in [2.24, 2.45) is 5.92 Å². The quantitative estimate of drug-likeness (QED) is 0.244. The molecule has 3 aromatic carbocycles. The Labute approximate surface area is 216 Å². The van der Waals surface area contributed by atoms with Crippen molar-refractivity contribution in [2.75, 3.05) is 35.2 Å². The van der Waals surface area contributed by atoms with E-state index in [9.17, 15) is 14.7 Å². The second kappa shape index (κ2) is 11.1. The first-order valence-electron chi connectivity index (χ1n) is 12.5. The molecular formula is C30H30N4O3. The van der Waals surface area contributed by atoms with Crippen LogP contribution in [0.3, 0.4) is 0 Å². The average molecular weight is 495 g/mol. The van der Waals surface area contributed by atoms with Crippen LogP contribution >= 0.6 is 0 Å². The average Bonchev–Trinajstić information content (AvgIpc) is 3.50. The zero-order valence-electron chi connectivity index (χ0n) is 20.5. The fraction of sp³-hybridized carbons (Fsp3) is 0.200. The van der Waals surface area contributed by atoms with Crippen LogP contribution in [0.5, 0.6) is 0 Å². The van der Waals surface area contributed by atoms with Crippen molar-refractivity contribution >= 4 is 34.4 Å². The molecule has 0 bridgehead atoms. The van der Waals surface area contributed by atoms with Crippen molar-refractivity contribution < 1.29 is 14.7 Å². The third-order valence-corrected chi connectivity index (χ3v) is 6.69. The van der Waals surface area contributed by atoms with Crippen LogP contribution in [0, 0.1) is 5.92 Å². The number of nitrogens with zero attached hydrogens (tertiary/aromatic N) is 1. The van der Waals surface area contributed by atoms with Gasteiger partial charge < -0.3 is 25.6 Å². The van der Waals surface area contributed by atoms with Crippen molar-refractivity contribution in [3.63, 3.8) is 0 Å². The van der Waals surface area contributed by atoms with E-state index in [1.807, 2.05) is 36.4 Å². The topological polar surface area (TPSA) is 97.5 Å². The molecule has 1 aliphatic rings. The van der Waals surface area contributed by atoms with E-state index < -0.39 is 0 Å². The molecule has 1 amide bonds. The predicted octanol–water partition coefficient (Wildman–Crippen LogP) is 5.45. The summed E-state index contributed by atoms with van der Waals surface area (Å²) in [5, 5.41) is 15.7. The molecule has 0 spiro atoms. The summed E-state index contributed by atoms with van der Waals surface area (Å²) in [6.45, 7) is 2.15. The molecule has 188 valence electrons. The molecule has 1 saturated heterocycles. The number of hydrogen-bond donors (Lipinski definition) is 4. The number of aromatic nitrogens is 1. The third-order valence-electron chi connectivity index (χ3n) is 6.69. The van der Waals surface area contributed by atoms with E-state index in [-0.39, 0.29) is 18.3 Å². The van der Waals surface area contributed by atoms with Crippen LogP contribution in [0.15, 0.2) is 91.1 Å². The van der Waals surface area contributed by atoms with Crippen molar-refractivity contribution in [3.05, 3.63) is 108 Å². The fourth-order valence-corrected chi connectivity index (χ4v) is 4.62. The molecule has 7 heteroatoms. The number of aliphatic hydroxyl groups excluding tert-OH is 1. The van der Waals surface area contributed by atoms with Crippen molar-refractivity contribution in [1.82, 2.24) is 4.98 Å². The van der Waals surface area contributed by atoms with Gasteiger partial charge in [-0.3, -0.25) is 9.59 Å². The first-order chi connectivity index (χ1) is 18.1. The van der Waals surface area contributed by atoms with Crippen molar-refractivity contribution in [3.8, 4) is 0 Å². The second-order valence-corrected chi connectivity index (χ2v) is 9.33. The van der Waals surface area contributed by atoms with Gasteiger partial charge in [0.25, 0.3) is 5.91 Å². The highest BCUT2D eigenvalue weighted by atomic mass is 16.3. The van der Waals surface area contributed by atoms with Gasteiger partial charge in [-0.05, 0) is 104 Å². The number of rotatable bonds is 8. The van der Waals surface area contributed by atoms with E-state index in [0.29, 0.717) is 28.4 Å². The van der Waals surface area contributed by atoms with Crippen LogP contribution in [0.1, 0.15) is 39.3 Å². The number of anilines is 4. The monoisotopic (exact) mass is 494 g/mol. The van der Waals surface area contributed by atoms with E-state index in [1.165, 1.54) is 5.69 Å². The number of hydrogen-bond acceptors (Lipinski definition) is 5. The summed E-state index contributed by atoms with van der Waals surface area (Å²) in [5.74, 6) is 0.0332. The molecule has 4 aromatic rings. The van der Waals surface area contributed by atoms with Gasteiger partial charge in [-0.25, -0.2) is 0 Å². The van der Waals surface area contributed by atoms with Gasteiger partial charge in [-0.15, -0.1) is 0 Å². The van der Waals surface area contributed by atoms with E-state index in [4.69, 9.17) is 0 Å². The Bertz CT molecular complexity index is 1330. The number of aliphatic hydroxyl groups is 1. The maximum atomic E-state index is 12.9. The highest BCUT2D eigenvalue weighted by Crippen LogP contribution is 2.26. The predicted molar refractivity (Wildman–Crippen MR) is 147 cm³/mol. The Morgan fingerprint density at radius 2 is 1.49 bits per heavy atom. The number of benzene rings is 3. The molecule has 1 fully saturated rings. The van der Waals surface area contributed by atoms with E-state index in [1.54, 1.807) is 42.6 Å². The SMILES string of the molecule is O=C(c1ccc(NC(=O)c2ccc[nH]2)cc1)c1ccc(Nc2ccc(N3CCCC(CO)C3)cc2)cc1. The Kier molecular flexibility index (Phi) is 7.33. The maximum absolute atomic E-state index is 12.9. The smallest absolute Gasteiger partial charge is 0.272 e. The normalized spacial score (nSPS) is 15.3. The van der Waals surface area contributed by atoms with Crippen LogP contribution in [0.2, 0.25) is 0 Å². The molecule has 1 unspecified atom stereocenters. The minimum atomic E-state index is -0.233. The Morgan fingerprint density at radius 3 is 2.08 bits per heavy atom. The molecule has 1 aliphatic heterocycles. The lowest BCUT2D eigenvalue weighted by molar-refractivity contribution is 0.102. The molecule has 0 aliphatic carbocycles. The summed E-state index contributed by atoms with van der Waals surface area (Å²) in [6, 6.07) is 26.0. The van der Waals surface area contributed by atoms with Crippen LogP contribution < -0.4 is 15.5 Å². The first kappa shape index (κ1) is 24.3. The largest absolute Gasteiger partial charge is 0.396 e. The van der Waals surface area contributed by atoms with Gasteiger partial charge >= 0.3 is 0 Å². The molecule has 0 radical (unpaired) electrons. The van der Waals surface area contributed by atoms with Gasteiger partial charge in [0.15, 0.2) is 5.78 Å². The van der Waals surface area contributed by atoms with E-state index in [0.717, 1.165) is 37.3 Å². The molecule has 7 nitrogen and oxygen atoms in total. The molecule has 4 N–H and O–H groups in total. The maximum Gasteiger partial charge on any atom is 0.272 e. The molecule has 5 rings (SSSR count). The van der Waals surface area contributed by atoms with Crippen molar-refractivity contribution in [2.45, 2.75) is 12.8 Å². The summed E-state index contributed by atoms with van der Waals surface area (Å²) >= 11 is 0. The van der Waals surface area contributed by atoms with Gasteiger partial charge in [0.2, 0.25) is 0 Å². The highest BCUT2D eigenvalue weighted by molar-refractivity contribution is 6.09. The van der Waals surface area contributed by atoms with Gasteiger partial charge in [0.1, 0.15) is 5.69 Å².